The molecule has 0 spiro atoms. The Morgan fingerprint density at radius 2 is 1.64 bits per heavy atom. The lowest BCUT2D eigenvalue weighted by Gasteiger charge is -2.49. The van der Waals surface area contributed by atoms with Crippen molar-refractivity contribution in [2.24, 2.45) is 17.8 Å². The van der Waals surface area contributed by atoms with Crippen LogP contribution in [0.1, 0.15) is 106 Å². The van der Waals surface area contributed by atoms with Gasteiger partial charge in [0.2, 0.25) is 0 Å². The van der Waals surface area contributed by atoms with Crippen LogP contribution in [-0.2, 0) is 46.2 Å². The molecule has 0 saturated carbocycles. The van der Waals surface area contributed by atoms with Crippen molar-refractivity contribution >= 4 is 5.97 Å². The van der Waals surface area contributed by atoms with Gasteiger partial charge in [0.15, 0.2) is 12.6 Å². The smallest absolute Gasteiger partial charge is 0.311 e. The molecular formula is C51H87N5O14. The molecule has 4 heterocycles. The summed E-state index contributed by atoms with van der Waals surface area (Å²) >= 11 is 0. The van der Waals surface area contributed by atoms with E-state index in [-0.39, 0.29) is 44.4 Å². The van der Waals surface area contributed by atoms with Crippen molar-refractivity contribution in [2.45, 2.75) is 211 Å². The number of benzene rings is 1. The van der Waals surface area contributed by atoms with Gasteiger partial charge in [-0.15, -0.1) is 5.10 Å². The summed E-state index contributed by atoms with van der Waals surface area (Å²) in [4.78, 5) is 18.4. The van der Waals surface area contributed by atoms with Gasteiger partial charge in [0.05, 0.1) is 53.8 Å². The molecule has 5 rings (SSSR count). The summed E-state index contributed by atoms with van der Waals surface area (Å²) in [6.45, 7) is 20.7. The van der Waals surface area contributed by atoms with E-state index in [1.54, 1.807) is 52.4 Å². The standard InChI is InChI=1S/C51H87N5O14/c1-15-40-51(11,63)44(59)34(7)55(13)25-30(3)23-49(9,62)46(32(5)43(33(6)47(61)68-40)69-41-24-50(10,64-14)45(60)35(8)67-41)70-48-42(58)39(22-31(4)66-48)54(12)21-20-36-26-56(53-52-36)27-37(57)28-65-38-18-16-29(2)17-19-38/h16-19,26,30-35,37,39-46,48,57-60,62-63H,15,20-25,27-28H2,1-14H3/t30-,31-,32+,33-,34-,35+,37-,39+,40-,41+,42-,43+,44-,45+,46-,48+,49-,50-,51-/m1/s1. The summed E-state index contributed by atoms with van der Waals surface area (Å²) in [6.07, 6.45) is -7.69. The molecule has 19 nitrogen and oxygen atoms in total. The fourth-order valence-corrected chi connectivity index (χ4v) is 10.8. The number of likely N-dealkylation sites (N-methyl/N-ethyl adjacent to an activating group) is 2. The molecule has 3 saturated heterocycles. The van der Waals surface area contributed by atoms with Gasteiger partial charge in [-0.25, -0.2) is 4.68 Å². The fourth-order valence-electron chi connectivity index (χ4n) is 10.8. The number of rotatable bonds is 15. The van der Waals surface area contributed by atoms with Gasteiger partial charge >= 0.3 is 5.97 Å². The van der Waals surface area contributed by atoms with Crippen LogP contribution in [0.3, 0.4) is 0 Å². The fraction of sp³-hybridized carbons (Fsp3) is 0.824. The summed E-state index contributed by atoms with van der Waals surface area (Å²) in [5.41, 5.74) is -2.73. The zero-order valence-electron chi connectivity index (χ0n) is 44.2. The highest BCUT2D eigenvalue weighted by Gasteiger charge is 2.53. The number of hydrogen-bond donors (Lipinski definition) is 6. The van der Waals surface area contributed by atoms with Gasteiger partial charge in [0, 0.05) is 57.2 Å². The third-order valence-corrected chi connectivity index (χ3v) is 15.3. The molecule has 3 aliphatic rings. The van der Waals surface area contributed by atoms with Gasteiger partial charge in [-0.2, -0.15) is 0 Å². The van der Waals surface area contributed by atoms with Crippen molar-refractivity contribution in [3.05, 3.63) is 41.7 Å². The lowest BCUT2D eigenvalue weighted by Crippen LogP contribution is -2.61. The molecule has 0 unspecified atom stereocenters. The van der Waals surface area contributed by atoms with Crippen LogP contribution in [0, 0.1) is 24.7 Å². The number of esters is 1. The first-order valence-corrected chi connectivity index (χ1v) is 25.2. The predicted octanol–water partition coefficient (Wildman–Crippen LogP) is 2.85. The normalized spacial score (nSPS) is 40.3. The second kappa shape index (κ2) is 24.4. The number of methoxy groups -OCH3 is 1. The van der Waals surface area contributed by atoms with Crippen molar-refractivity contribution in [1.82, 2.24) is 24.8 Å². The predicted molar refractivity (Wildman–Crippen MR) is 260 cm³/mol. The van der Waals surface area contributed by atoms with Gasteiger partial charge in [-0.05, 0) is 107 Å². The van der Waals surface area contributed by atoms with Crippen LogP contribution in [0.15, 0.2) is 30.5 Å². The first-order chi connectivity index (χ1) is 32.7. The van der Waals surface area contributed by atoms with E-state index in [1.165, 1.54) is 14.0 Å². The van der Waals surface area contributed by atoms with E-state index in [0.717, 1.165) is 5.56 Å². The first kappa shape index (κ1) is 58.0. The molecule has 1 aromatic heterocycles. The zero-order chi connectivity index (χ0) is 52.0. The number of nitrogens with zero attached hydrogens (tertiary/aromatic N) is 5. The van der Waals surface area contributed by atoms with Gasteiger partial charge in [0.1, 0.15) is 48.5 Å². The molecule has 70 heavy (non-hydrogen) atoms. The number of aromatic nitrogens is 3. The molecule has 0 amide bonds. The Balaban J connectivity index is 1.40. The molecule has 2 aromatic rings. The van der Waals surface area contributed by atoms with Gasteiger partial charge in [-0.3, -0.25) is 4.79 Å². The number of cyclic esters (lactones) is 1. The Morgan fingerprint density at radius 3 is 2.29 bits per heavy atom. The quantitative estimate of drug-likeness (QED) is 0.141. The minimum atomic E-state index is -1.84. The molecule has 19 atom stereocenters. The van der Waals surface area contributed by atoms with Gasteiger partial charge < -0.3 is 73.6 Å². The number of ether oxygens (including phenoxy) is 7. The lowest BCUT2D eigenvalue weighted by atomic mass is 9.77. The minimum Gasteiger partial charge on any atom is -0.491 e. The van der Waals surface area contributed by atoms with Crippen LogP contribution in [0.5, 0.6) is 5.75 Å². The number of carbonyl (C=O) groups excluding carboxylic acids is 1. The first-order valence-electron chi connectivity index (χ1n) is 25.2. The maximum Gasteiger partial charge on any atom is 0.311 e. The summed E-state index contributed by atoms with van der Waals surface area (Å²) < 4.78 is 45.6. The average molecular weight is 994 g/mol. The molecule has 3 aliphatic heterocycles. The molecule has 3 fully saturated rings. The SMILES string of the molecule is CC[C@H]1OC(=O)[C@H](C)[C@@H](O[C@H]2C[C@@](C)(OC)[C@@H](O)[C@H](C)O2)[C@H](C)[C@@H](O[C@@H]2O[C@H](C)C[C@H](N(C)CCc3cn(C[C@@H](O)COc4ccc(C)cc4)nn3)[C@H]2O)[C@](C)(O)C[C@@H](C)CN(C)[C@H](C)[C@@H](O)[C@]1(C)O. The minimum absolute atomic E-state index is 0.0929. The van der Waals surface area contributed by atoms with E-state index in [4.69, 9.17) is 33.2 Å². The van der Waals surface area contributed by atoms with Crippen molar-refractivity contribution in [3.8, 4) is 5.75 Å². The molecule has 0 radical (unpaired) electrons. The molecular weight excluding hydrogens is 907 g/mol. The molecule has 1 aromatic carbocycles. The van der Waals surface area contributed by atoms with E-state index in [9.17, 15) is 35.4 Å². The van der Waals surface area contributed by atoms with Gasteiger partial charge in [0.25, 0.3) is 0 Å². The zero-order valence-corrected chi connectivity index (χ0v) is 44.2. The number of hydrogen-bond acceptors (Lipinski definition) is 18. The molecule has 19 heteroatoms. The third-order valence-electron chi connectivity index (χ3n) is 15.3. The monoisotopic (exact) mass is 994 g/mol. The van der Waals surface area contributed by atoms with Crippen LogP contribution in [0.25, 0.3) is 0 Å². The number of aryl methyl sites for hydroxylation is 1. The van der Waals surface area contributed by atoms with Crippen LogP contribution in [0.2, 0.25) is 0 Å². The second-order valence-corrected chi connectivity index (χ2v) is 21.6. The Morgan fingerprint density at radius 1 is 0.971 bits per heavy atom. The van der Waals surface area contributed by atoms with Crippen LogP contribution >= 0.6 is 0 Å². The summed E-state index contributed by atoms with van der Waals surface area (Å²) in [5, 5.41) is 78.8. The Bertz CT molecular complexity index is 1920. The van der Waals surface area contributed by atoms with E-state index < -0.39 is 108 Å². The Hall–Kier alpha value is -2.89. The summed E-state index contributed by atoms with van der Waals surface area (Å²) in [6, 6.07) is 6.59. The van der Waals surface area contributed by atoms with E-state index >= 15 is 0 Å². The highest BCUT2D eigenvalue weighted by Crippen LogP contribution is 2.40. The topological polar surface area (TPSA) is 240 Å². The van der Waals surface area contributed by atoms with Crippen LogP contribution in [-0.4, -0.2) is 199 Å². The van der Waals surface area contributed by atoms with E-state index in [1.807, 2.05) is 75.9 Å². The van der Waals surface area contributed by atoms with Gasteiger partial charge in [-0.1, -0.05) is 43.7 Å². The summed E-state index contributed by atoms with van der Waals surface area (Å²) in [5.74, 6) is -2.13. The van der Waals surface area contributed by atoms with Crippen molar-refractivity contribution in [3.63, 3.8) is 0 Å². The number of aliphatic hydroxyl groups excluding tert-OH is 4. The Kier molecular flexibility index (Phi) is 20.2. The Labute approximate surface area is 415 Å². The van der Waals surface area contributed by atoms with Crippen molar-refractivity contribution < 1.29 is 68.6 Å². The third kappa shape index (κ3) is 14.2. The highest BCUT2D eigenvalue weighted by atomic mass is 16.7. The molecule has 6 N–H and O–H groups in total. The second-order valence-electron chi connectivity index (χ2n) is 21.6. The summed E-state index contributed by atoms with van der Waals surface area (Å²) in [7, 11) is 5.24. The van der Waals surface area contributed by atoms with Crippen LogP contribution in [0.4, 0.5) is 0 Å². The largest absolute Gasteiger partial charge is 0.491 e. The number of aliphatic hydroxyl groups is 6. The molecule has 0 bridgehead atoms. The number of carbonyl (C=O) groups is 1. The average Bonchev–Trinajstić information content (AvgIpc) is 3.75. The van der Waals surface area contributed by atoms with Crippen molar-refractivity contribution in [2.75, 3.05) is 40.9 Å². The van der Waals surface area contributed by atoms with Crippen molar-refractivity contribution in [1.29, 1.82) is 0 Å². The van der Waals surface area contributed by atoms with E-state index in [2.05, 4.69) is 10.3 Å². The highest BCUT2D eigenvalue weighted by molar-refractivity contribution is 5.73. The van der Waals surface area contributed by atoms with Crippen LogP contribution < -0.4 is 4.74 Å². The maximum atomic E-state index is 14.5. The van der Waals surface area contributed by atoms with E-state index in [0.29, 0.717) is 37.4 Å². The maximum absolute atomic E-state index is 14.5. The molecule has 400 valence electrons. The lowest BCUT2D eigenvalue weighted by molar-refractivity contribution is -0.318. The molecule has 0 aliphatic carbocycles.